The van der Waals surface area contributed by atoms with Gasteiger partial charge in [0, 0.05) is 30.4 Å². The molecular weight excluding hydrogens is 320 g/mol. The Kier molecular flexibility index (Phi) is 3.62. The number of rotatable bonds is 4. The topological polar surface area (TPSA) is 107 Å². The fourth-order valence-electron chi connectivity index (χ4n) is 2.58. The van der Waals surface area contributed by atoms with Crippen LogP contribution in [0.25, 0.3) is 22.3 Å². The fraction of sp³-hybridized carbons (Fsp3) is 0.0588. The quantitative estimate of drug-likeness (QED) is 0.609. The number of carboxylic acid groups (broad SMARTS) is 1. The summed E-state index contributed by atoms with van der Waals surface area (Å²) in [5, 5.41) is 14.3. The Morgan fingerprint density at radius 1 is 1.08 bits per heavy atom. The molecule has 0 radical (unpaired) electrons. The molecule has 0 aliphatic carbocycles. The van der Waals surface area contributed by atoms with Gasteiger partial charge in [0.1, 0.15) is 6.33 Å². The average Bonchev–Trinajstić information content (AvgIpc) is 3.05. The van der Waals surface area contributed by atoms with Crippen molar-refractivity contribution in [3.63, 3.8) is 0 Å². The molecule has 1 N–H and O–H groups in total. The van der Waals surface area contributed by atoms with Crippen LogP contribution in [0.4, 0.5) is 0 Å². The van der Waals surface area contributed by atoms with Crippen LogP contribution in [0, 0.1) is 0 Å². The smallest absolute Gasteiger partial charge is 0.336 e. The van der Waals surface area contributed by atoms with Crippen LogP contribution < -0.4 is 0 Å². The largest absolute Gasteiger partial charge is 0.478 e. The number of pyridine rings is 2. The highest BCUT2D eigenvalue weighted by Crippen LogP contribution is 2.24. The molecule has 0 saturated carbocycles. The van der Waals surface area contributed by atoms with Crippen LogP contribution in [0.1, 0.15) is 15.9 Å². The second-order valence-electron chi connectivity index (χ2n) is 5.38. The van der Waals surface area contributed by atoms with Crippen LogP contribution >= 0.6 is 0 Å². The summed E-state index contributed by atoms with van der Waals surface area (Å²) in [6.07, 6.45) is 9.52. The summed E-state index contributed by atoms with van der Waals surface area (Å²) >= 11 is 0. The van der Waals surface area contributed by atoms with E-state index in [4.69, 9.17) is 0 Å². The molecule has 0 amide bonds. The molecule has 0 aromatic carbocycles. The van der Waals surface area contributed by atoms with E-state index in [1.54, 1.807) is 29.5 Å². The SMILES string of the molecule is O=C(O)c1cc(-c2cncnc2)nc2c1cnn2Cc1ccncc1. The first-order chi connectivity index (χ1) is 12.2. The number of nitrogens with zero attached hydrogens (tertiary/aromatic N) is 6. The first-order valence-electron chi connectivity index (χ1n) is 7.46. The van der Waals surface area contributed by atoms with Crippen molar-refractivity contribution < 1.29 is 9.90 Å². The first-order valence-corrected chi connectivity index (χ1v) is 7.46. The standard InChI is InChI=1S/C17H12N6O2/c24-17(25)13-5-15(12-6-19-10-20-7-12)22-16-14(13)8-21-23(16)9-11-1-3-18-4-2-11/h1-8,10H,9H2,(H,24,25). The maximum Gasteiger partial charge on any atom is 0.336 e. The van der Waals surface area contributed by atoms with Gasteiger partial charge in [-0.05, 0) is 23.8 Å². The molecule has 0 spiro atoms. The third kappa shape index (κ3) is 2.80. The van der Waals surface area contributed by atoms with Gasteiger partial charge < -0.3 is 5.11 Å². The monoisotopic (exact) mass is 332 g/mol. The average molecular weight is 332 g/mol. The highest BCUT2D eigenvalue weighted by molar-refractivity contribution is 6.02. The zero-order valence-electron chi connectivity index (χ0n) is 12.9. The Hall–Kier alpha value is -3.68. The highest BCUT2D eigenvalue weighted by Gasteiger charge is 2.17. The van der Waals surface area contributed by atoms with Crippen molar-refractivity contribution >= 4 is 17.0 Å². The Bertz CT molecular complexity index is 1050. The van der Waals surface area contributed by atoms with Gasteiger partial charge in [-0.2, -0.15) is 5.10 Å². The van der Waals surface area contributed by atoms with Crippen molar-refractivity contribution in [2.45, 2.75) is 6.54 Å². The normalized spacial score (nSPS) is 10.9. The van der Waals surface area contributed by atoms with Crippen LogP contribution in [-0.4, -0.2) is 40.8 Å². The van der Waals surface area contributed by atoms with Crippen molar-refractivity contribution in [3.05, 3.63) is 66.6 Å². The van der Waals surface area contributed by atoms with Crippen LogP contribution in [0.2, 0.25) is 0 Å². The van der Waals surface area contributed by atoms with E-state index >= 15 is 0 Å². The van der Waals surface area contributed by atoms with Gasteiger partial charge in [0.05, 0.1) is 29.4 Å². The Balaban J connectivity index is 1.89. The minimum Gasteiger partial charge on any atom is -0.478 e. The van der Waals surface area contributed by atoms with Crippen molar-refractivity contribution in [1.82, 2.24) is 29.7 Å². The van der Waals surface area contributed by atoms with Crippen LogP contribution in [0.15, 0.2) is 55.5 Å². The number of hydrogen-bond donors (Lipinski definition) is 1. The number of carboxylic acids is 1. The molecular formula is C17H12N6O2. The Morgan fingerprint density at radius 2 is 1.84 bits per heavy atom. The number of carbonyl (C=O) groups is 1. The van der Waals surface area contributed by atoms with E-state index in [2.05, 4.69) is 25.0 Å². The van der Waals surface area contributed by atoms with Crippen molar-refractivity contribution in [2.24, 2.45) is 0 Å². The second kappa shape index (κ2) is 6.08. The van der Waals surface area contributed by atoms with Gasteiger partial charge in [-0.15, -0.1) is 0 Å². The van der Waals surface area contributed by atoms with Gasteiger partial charge in [0.15, 0.2) is 5.65 Å². The zero-order chi connectivity index (χ0) is 17.2. The first kappa shape index (κ1) is 14.9. The van der Waals surface area contributed by atoms with Gasteiger partial charge in [-0.1, -0.05) is 0 Å². The molecule has 0 saturated heterocycles. The van der Waals surface area contributed by atoms with E-state index < -0.39 is 5.97 Å². The summed E-state index contributed by atoms with van der Waals surface area (Å²) in [6, 6.07) is 5.27. The molecule has 8 nitrogen and oxygen atoms in total. The van der Waals surface area contributed by atoms with Crippen LogP contribution in [-0.2, 0) is 6.54 Å². The minimum absolute atomic E-state index is 0.143. The third-order valence-corrected chi connectivity index (χ3v) is 3.78. The molecule has 0 unspecified atom stereocenters. The molecule has 4 heterocycles. The van der Waals surface area contributed by atoms with Crippen molar-refractivity contribution in [3.8, 4) is 11.3 Å². The fourth-order valence-corrected chi connectivity index (χ4v) is 2.58. The van der Waals surface area contributed by atoms with Gasteiger partial charge in [0.25, 0.3) is 0 Å². The highest BCUT2D eigenvalue weighted by atomic mass is 16.4. The number of aromatic nitrogens is 6. The molecule has 122 valence electrons. The lowest BCUT2D eigenvalue weighted by molar-refractivity contribution is 0.0699. The summed E-state index contributed by atoms with van der Waals surface area (Å²) in [5.41, 5.74) is 2.76. The molecule has 0 bridgehead atoms. The molecule has 0 aliphatic heterocycles. The molecule has 4 rings (SSSR count). The summed E-state index contributed by atoms with van der Waals surface area (Å²) in [5.74, 6) is -1.03. The molecule has 8 heteroatoms. The predicted molar refractivity (Wildman–Crippen MR) is 88.9 cm³/mol. The molecule has 0 fully saturated rings. The number of aromatic carboxylic acids is 1. The van der Waals surface area contributed by atoms with Gasteiger partial charge >= 0.3 is 5.97 Å². The summed E-state index contributed by atoms with van der Waals surface area (Å²) < 4.78 is 1.67. The van der Waals surface area contributed by atoms with E-state index in [1.165, 1.54) is 18.6 Å². The lowest BCUT2D eigenvalue weighted by atomic mass is 10.1. The molecule has 0 aliphatic rings. The molecule has 25 heavy (non-hydrogen) atoms. The van der Waals surface area contributed by atoms with Crippen molar-refractivity contribution in [2.75, 3.05) is 0 Å². The van der Waals surface area contributed by atoms with E-state index in [0.717, 1.165) is 5.56 Å². The van der Waals surface area contributed by atoms with E-state index in [1.807, 2.05) is 12.1 Å². The predicted octanol–water partition coefficient (Wildman–Crippen LogP) is 2.03. The number of hydrogen-bond acceptors (Lipinski definition) is 6. The second-order valence-corrected chi connectivity index (χ2v) is 5.38. The lowest BCUT2D eigenvalue weighted by Gasteiger charge is -2.06. The maximum absolute atomic E-state index is 11.7. The zero-order valence-corrected chi connectivity index (χ0v) is 12.9. The van der Waals surface area contributed by atoms with Crippen molar-refractivity contribution in [1.29, 1.82) is 0 Å². The van der Waals surface area contributed by atoms with Gasteiger partial charge in [0.2, 0.25) is 0 Å². The lowest BCUT2D eigenvalue weighted by Crippen LogP contribution is -2.05. The minimum atomic E-state index is -1.03. The molecule has 4 aromatic heterocycles. The van der Waals surface area contributed by atoms with E-state index in [-0.39, 0.29) is 5.56 Å². The Morgan fingerprint density at radius 3 is 2.56 bits per heavy atom. The van der Waals surface area contributed by atoms with Crippen LogP contribution in [0.3, 0.4) is 0 Å². The van der Waals surface area contributed by atoms with E-state index in [9.17, 15) is 9.90 Å². The molecule has 0 atom stereocenters. The summed E-state index contributed by atoms with van der Waals surface area (Å²) in [4.78, 5) is 28.2. The van der Waals surface area contributed by atoms with Crippen LogP contribution in [0.5, 0.6) is 0 Å². The van der Waals surface area contributed by atoms with E-state index in [0.29, 0.717) is 28.8 Å². The summed E-state index contributed by atoms with van der Waals surface area (Å²) in [6.45, 7) is 0.465. The molecule has 4 aromatic rings. The third-order valence-electron chi connectivity index (χ3n) is 3.78. The number of fused-ring (bicyclic) bond motifs is 1. The maximum atomic E-state index is 11.7. The summed E-state index contributed by atoms with van der Waals surface area (Å²) in [7, 11) is 0. The Labute approximate surface area is 141 Å². The van der Waals surface area contributed by atoms with Gasteiger partial charge in [-0.3, -0.25) is 4.98 Å². The van der Waals surface area contributed by atoms with Gasteiger partial charge in [-0.25, -0.2) is 24.4 Å².